The highest BCUT2D eigenvalue weighted by molar-refractivity contribution is 9.10. The van der Waals surface area contributed by atoms with Crippen LogP contribution >= 0.6 is 27.5 Å². The maximum absolute atomic E-state index is 12.8. The number of fused-ring (bicyclic) bond motifs is 2. The summed E-state index contributed by atoms with van der Waals surface area (Å²) in [6.07, 6.45) is 4.71. The number of alkyl halides is 3. The molecule has 1 aliphatic carbocycles. The zero-order valence-corrected chi connectivity index (χ0v) is 18.1. The summed E-state index contributed by atoms with van der Waals surface area (Å²) in [6.45, 7) is 0. The van der Waals surface area contributed by atoms with Crippen LogP contribution in [0.5, 0.6) is 5.75 Å². The van der Waals surface area contributed by atoms with Crippen molar-refractivity contribution in [3.63, 3.8) is 0 Å². The van der Waals surface area contributed by atoms with Gasteiger partial charge in [-0.3, -0.25) is 9.59 Å². The molecule has 30 heavy (non-hydrogen) atoms. The first kappa shape index (κ1) is 21.1. The Morgan fingerprint density at radius 3 is 2.47 bits per heavy atom. The number of halogens is 4. The Kier molecular flexibility index (Phi) is 5.48. The predicted molar refractivity (Wildman–Crippen MR) is 113 cm³/mol. The average Bonchev–Trinajstić information content (AvgIpc) is 2.94. The second-order valence-corrected chi connectivity index (χ2v) is 8.80. The topological polar surface area (TPSA) is 67.4 Å². The lowest BCUT2D eigenvalue weighted by Crippen LogP contribution is -2.36. The molecule has 1 spiro atoms. The van der Waals surface area contributed by atoms with Gasteiger partial charge in [0.15, 0.2) is 0 Å². The Bertz CT molecular complexity index is 1000. The monoisotopic (exact) mass is 498 g/mol. The summed E-state index contributed by atoms with van der Waals surface area (Å²) in [5, 5.41) is 5.64. The van der Waals surface area contributed by atoms with E-state index in [0.717, 1.165) is 42.1 Å². The molecule has 2 aromatic carbocycles. The number of amides is 2. The quantitative estimate of drug-likeness (QED) is 0.505. The molecule has 4 rings (SSSR count). The van der Waals surface area contributed by atoms with Crippen LogP contribution in [0.4, 0.5) is 20.2 Å². The molecule has 1 aliphatic heterocycles. The van der Waals surface area contributed by atoms with E-state index in [1.165, 1.54) is 24.3 Å². The SMILES string of the molecule is O=C(Nc1ccc(OC(F)(F)Cl)cc1)c1cc(Br)c2c(c1)NC(=O)C21CCCCC1. The Morgan fingerprint density at radius 1 is 1.17 bits per heavy atom. The van der Waals surface area contributed by atoms with Gasteiger partial charge >= 0.3 is 5.57 Å². The van der Waals surface area contributed by atoms with Crippen molar-refractivity contribution in [2.75, 3.05) is 10.6 Å². The van der Waals surface area contributed by atoms with Gasteiger partial charge in [-0.1, -0.05) is 35.2 Å². The van der Waals surface area contributed by atoms with Gasteiger partial charge in [0.25, 0.3) is 5.91 Å². The van der Waals surface area contributed by atoms with Crippen molar-refractivity contribution >= 4 is 50.7 Å². The van der Waals surface area contributed by atoms with Gasteiger partial charge in [-0.05, 0) is 49.2 Å². The van der Waals surface area contributed by atoms with E-state index in [9.17, 15) is 18.4 Å². The van der Waals surface area contributed by atoms with E-state index < -0.39 is 16.9 Å². The van der Waals surface area contributed by atoms with E-state index in [0.29, 0.717) is 16.9 Å². The number of hydrogen-bond donors (Lipinski definition) is 2. The van der Waals surface area contributed by atoms with E-state index in [2.05, 4.69) is 31.3 Å². The van der Waals surface area contributed by atoms with Crippen LogP contribution in [-0.4, -0.2) is 17.4 Å². The third kappa shape index (κ3) is 4.03. The largest absolute Gasteiger partial charge is 0.487 e. The highest BCUT2D eigenvalue weighted by Gasteiger charge is 2.48. The van der Waals surface area contributed by atoms with E-state index in [1.807, 2.05) is 0 Å². The predicted octanol–water partition coefficient (Wildman–Crippen LogP) is 6.02. The summed E-state index contributed by atoms with van der Waals surface area (Å²) in [6, 6.07) is 8.78. The Labute approximate surface area is 185 Å². The fourth-order valence-electron chi connectivity index (χ4n) is 4.25. The normalized spacial score (nSPS) is 17.4. The Balaban J connectivity index is 1.54. The van der Waals surface area contributed by atoms with Crippen LogP contribution < -0.4 is 15.4 Å². The summed E-state index contributed by atoms with van der Waals surface area (Å²) in [4.78, 5) is 25.5. The summed E-state index contributed by atoms with van der Waals surface area (Å²) in [5.41, 5.74) is -2.00. The Morgan fingerprint density at radius 2 is 1.83 bits per heavy atom. The van der Waals surface area contributed by atoms with Gasteiger partial charge < -0.3 is 15.4 Å². The maximum Gasteiger partial charge on any atom is 0.487 e. The third-order valence-corrected chi connectivity index (χ3v) is 6.27. The van der Waals surface area contributed by atoms with E-state index >= 15 is 0 Å². The van der Waals surface area contributed by atoms with Crippen LogP contribution in [0.1, 0.15) is 48.0 Å². The second kappa shape index (κ2) is 7.81. The van der Waals surface area contributed by atoms with Gasteiger partial charge in [-0.25, -0.2) is 0 Å². The minimum absolute atomic E-state index is 0.0119. The second-order valence-electron chi connectivity index (χ2n) is 7.50. The lowest BCUT2D eigenvalue weighted by molar-refractivity contribution is -0.122. The summed E-state index contributed by atoms with van der Waals surface area (Å²) in [7, 11) is 0. The van der Waals surface area contributed by atoms with E-state index in [1.54, 1.807) is 12.1 Å². The van der Waals surface area contributed by atoms with Gasteiger partial charge in [0.05, 0.1) is 5.41 Å². The molecule has 0 unspecified atom stereocenters. The van der Waals surface area contributed by atoms with Crippen molar-refractivity contribution in [2.45, 2.75) is 43.1 Å². The zero-order valence-electron chi connectivity index (χ0n) is 15.7. The first-order valence-electron chi connectivity index (χ1n) is 9.51. The number of benzene rings is 2. The highest BCUT2D eigenvalue weighted by Crippen LogP contribution is 2.50. The summed E-state index contributed by atoms with van der Waals surface area (Å²) in [5.74, 6) is -0.537. The number of anilines is 2. The molecule has 9 heteroatoms. The van der Waals surface area contributed by atoms with Crippen LogP contribution in [0.3, 0.4) is 0 Å². The fourth-order valence-corrected chi connectivity index (χ4v) is 5.18. The smallest absolute Gasteiger partial charge is 0.420 e. The van der Waals surface area contributed by atoms with E-state index in [4.69, 9.17) is 11.6 Å². The van der Waals surface area contributed by atoms with Gasteiger partial charge in [0.1, 0.15) is 5.75 Å². The minimum atomic E-state index is -3.80. The molecule has 2 amide bonds. The highest BCUT2D eigenvalue weighted by atomic mass is 79.9. The van der Waals surface area contributed by atoms with E-state index in [-0.39, 0.29) is 11.7 Å². The number of ether oxygens (including phenoxy) is 1. The molecule has 0 radical (unpaired) electrons. The molecule has 0 bridgehead atoms. The number of carbonyl (C=O) groups excluding carboxylic acids is 2. The van der Waals surface area contributed by atoms with Crippen molar-refractivity contribution in [3.8, 4) is 5.75 Å². The molecule has 0 atom stereocenters. The third-order valence-electron chi connectivity index (χ3n) is 5.57. The first-order chi connectivity index (χ1) is 14.2. The van der Waals surface area contributed by atoms with Crippen LogP contribution in [0.2, 0.25) is 0 Å². The van der Waals surface area contributed by atoms with Crippen LogP contribution in [0.25, 0.3) is 0 Å². The molecule has 1 saturated carbocycles. The van der Waals surface area contributed by atoms with Crippen molar-refractivity contribution in [2.24, 2.45) is 0 Å². The number of nitrogens with one attached hydrogen (secondary N) is 2. The molecule has 158 valence electrons. The molecule has 1 heterocycles. The maximum atomic E-state index is 12.8. The van der Waals surface area contributed by atoms with Crippen LogP contribution in [-0.2, 0) is 10.2 Å². The first-order valence-corrected chi connectivity index (χ1v) is 10.7. The minimum Gasteiger partial charge on any atom is -0.420 e. The van der Waals surface area contributed by atoms with Crippen LogP contribution in [0, 0.1) is 0 Å². The molecule has 0 saturated heterocycles. The van der Waals surface area contributed by atoms with Crippen molar-refractivity contribution in [1.29, 1.82) is 0 Å². The molecule has 1 fully saturated rings. The van der Waals surface area contributed by atoms with Crippen molar-refractivity contribution in [1.82, 2.24) is 0 Å². The molecule has 2 aromatic rings. The average molecular weight is 500 g/mol. The standard InChI is InChI=1S/C21H18BrClF2N2O3/c22-15-10-12(11-16-17(15)20(19(29)27-16)8-2-1-3-9-20)18(28)26-13-4-6-14(7-5-13)30-21(23,24)25/h4-7,10-11H,1-3,8-9H2,(H,26,28)(H,27,29). The molecule has 0 aromatic heterocycles. The summed E-state index contributed by atoms with van der Waals surface area (Å²) < 4.78 is 30.3. The van der Waals surface area contributed by atoms with Gasteiger partial charge in [-0.2, -0.15) is 0 Å². The van der Waals surface area contributed by atoms with Crippen molar-refractivity contribution < 1.29 is 23.1 Å². The summed E-state index contributed by atoms with van der Waals surface area (Å²) >= 11 is 8.29. The molecule has 2 aliphatic rings. The lowest BCUT2D eigenvalue weighted by Gasteiger charge is -2.32. The molecule has 2 N–H and O–H groups in total. The van der Waals surface area contributed by atoms with Gasteiger partial charge in [0, 0.05) is 38.6 Å². The number of rotatable bonds is 4. The molecule has 5 nitrogen and oxygen atoms in total. The fraction of sp³-hybridized carbons (Fsp3) is 0.333. The molecular weight excluding hydrogens is 482 g/mol. The van der Waals surface area contributed by atoms with Gasteiger partial charge in [-0.15, -0.1) is 8.78 Å². The van der Waals surface area contributed by atoms with Crippen molar-refractivity contribution in [3.05, 3.63) is 52.0 Å². The molecular formula is C21H18BrClF2N2O3. The zero-order chi connectivity index (χ0) is 21.5. The van der Waals surface area contributed by atoms with Gasteiger partial charge in [0.2, 0.25) is 5.91 Å². The van der Waals surface area contributed by atoms with Crippen LogP contribution in [0.15, 0.2) is 40.9 Å². The number of hydrogen-bond acceptors (Lipinski definition) is 3. The number of carbonyl (C=O) groups is 2. The lowest BCUT2D eigenvalue weighted by atomic mass is 9.70. The Hall–Kier alpha value is -2.19.